The number of benzene rings is 1. The van der Waals surface area contributed by atoms with Crippen LogP contribution in [0.1, 0.15) is 18.3 Å². The summed E-state index contributed by atoms with van der Waals surface area (Å²) in [5.41, 5.74) is 1.98. The predicted molar refractivity (Wildman–Crippen MR) is 94.1 cm³/mol. The van der Waals surface area contributed by atoms with Gasteiger partial charge in [-0.15, -0.1) is 5.10 Å². The Morgan fingerprint density at radius 1 is 1.04 bits per heavy atom. The third-order valence-corrected chi connectivity index (χ3v) is 4.12. The first kappa shape index (κ1) is 16.6. The van der Waals surface area contributed by atoms with Crippen molar-refractivity contribution in [1.82, 2.24) is 19.6 Å². The second-order valence-electron chi connectivity index (χ2n) is 5.25. The van der Waals surface area contributed by atoms with Crippen molar-refractivity contribution >= 4 is 17.5 Å². The Morgan fingerprint density at radius 3 is 2.46 bits per heavy atom. The van der Waals surface area contributed by atoms with Crippen molar-refractivity contribution in [1.29, 1.82) is 0 Å². The number of nitrogens with zero attached hydrogens (tertiary/aromatic N) is 4. The highest BCUT2D eigenvalue weighted by Gasteiger charge is 2.08. The van der Waals surface area contributed by atoms with Gasteiger partial charge < -0.3 is 9.47 Å². The zero-order valence-corrected chi connectivity index (χ0v) is 14.8. The van der Waals surface area contributed by atoms with Crippen LogP contribution < -0.4 is 9.47 Å². The molecular weight excluding hydrogens is 324 g/mol. The summed E-state index contributed by atoms with van der Waals surface area (Å²) in [6, 6.07) is 9.63. The van der Waals surface area contributed by atoms with E-state index in [1.807, 2.05) is 51.1 Å². The van der Waals surface area contributed by atoms with Crippen molar-refractivity contribution in [2.24, 2.45) is 0 Å². The molecule has 0 aliphatic carbocycles. The Labute approximate surface area is 145 Å². The summed E-state index contributed by atoms with van der Waals surface area (Å²) >= 11 is 1.56. The molecule has 0 aliphatic rings. The molecule has 6 nitrogen and oxygen atoms in total. The quantitative estimate of drug-likeness (QED) is 0.484. The third kappa shape index (κ3) is 3.97. The van der Waals surface area contributed by atoms with Crippen LogP contribution in [-0.4, -0.2) is 38.5 Å². The number of aromatic nitrogens is 4. The lowest BCUT2D eigenvalue weighted by atomic mass is 10.3. The van der Waals surface area contributed by atoms with Crippen LogP contribution >= 0.6 is 11.8 Å². The Balaban J connectivity index is 1.52. The minimum absolute atomic E-state index is 0.583. The first-order valence-electron chi connectivity index (χ1n) is 7.85. The summed E-state index contributed by atoms with van der Waals surface area (Å²) < 4.78 is 12.9. The monoisotopic (exact) mass is 344 g/mol. The molecule has 0 unspecified atom stereocenters. The smallest absolute Gasteiger partial charge is 0.253 e. The summed E-state index contributed by atoms with van der Waals surface area (Å²) in [6.07, 6.45) is 0. The van der Waals surface area contributed by atoms with Gasteiger partial charge in [0.1, 0.15) is 11.5 Å². The van der Waals surface area contributed by atoms with E-state index < -0.39 is 0 Å². The van der Waals surface area contributed by atoms with Crippen LogP contribution in [0.25, 0.3) is 5.78 Å². The molecule has 3 rings (SSSR count). The highest BCUT2D eigenvalue weighted by molar-refractivity contribution is 7.99. The molecule has 0 saturated carbocycles. The van der Waals surface area contributed by atoms with Gasteiger partial charge in [-0.25, -0.2) is 9.50 Å². The lowest BCUT2D eigenvalue weighted by Crippen LogP contribution is -2.00. The van der Waals surface area contributed by atoms with Gasteiger partial charge in [-0.3, -0.25) is 0 Å². The topological polar surface area (TPSA) is 61.5 Å². The molecule has 2 aromatic heterocycles. The van der Waals surface area contributed by atoms with Crippen molar-refractivity contribution in [3.63, 3.8) is 0 Å². The van der Waals surface area contributed by atoms with Gasteiger partial charge in [0.2, 0.25) is 5.16 Å². The maximum atomic E-state index is 5.72. The molecule has 0 atom stereocenters. The molecule has 24 heavy (non-hydrogen) atoms. The molecule has 0 bridgehead atoms. The SMILES string of the molecule is CCOc1ccc(OCCSc2nc3nc(C)cc(C)n3n2)cc1. The fraction of sp³-hybridized carbons (Fsp3) is 0.353. The number of aryl methyl sites for hydroxylation is 2. The second-order valence-corrected chi connectivity index (χ2v) is 6.31. The zero-order chi connectivity index (χ0) is 16.9. The largest absolute Gasteiger partial charge is 0.494 e. The van der Waals surface area contributed by atoms with Gasteiger partial charge >= 0.3 is 0 Å². The van der Waals surface area contributed by atoms with Gasteiger partial charge in [0.25, 0.3) is 5.78 Å². The molecule has 3 aromatic rings. The number of rotatable bonds is 7. The number of hydrogen-bond donors (Lipinski definition) is 0. The fourth-order valence-corrected chi connectivity index (χ4v) is 2.94. The van der Waals surface area contributed by atoms with Gasteiger partial charge in [0.15, 0.2) is 0 Å². The van der Waals surface area contributed by atoms with Crippen LogP contribution in [0.5, 0.6) is 11.5 Å². The highest BCUT2D eigenvalue weighted by atomic mass is 32.2. The van der Waals surface area contributed by atoms with Crippen LogP contribution in [0.3, 0.4) is 0 Å². The molecule has 126 valence electrons. The molecule has 1 aromatic carbocycles. The summed E-state index contributed by atoms with van der Waals surface area (Å²) in [4.78, 5) is 8.83. The Kier molecular flexibility index (Phi) is 5.20. The van der Waals surface area contributed by atoms with Crippen LogP contribution in [0, 0.1) is 13.8 Å². The lowest BCUT2D eigenvalue weighted by Gasteiger charge is -2.06. The molecule has 0 radical (unpaired) electrons. The van der Waals surface area contributed by atoms with E-state index in [0.29, 0.717) is 24.1 Å². The van der Waals surface area contributed by atoms with Crippen LogP contribution in [0.15, 0.2) is 35.5 Å². The third-order valence-electron chi connectivity index (χ3n) is 3.32. The number of ether oxygens (including phenoxy) is 2. The van der Waals surface area contributed by atoms with Crippen molar-refractivity contribution in [2.45, 2.75) is 25.9 Å². The Morgan fingerprint density at radius 2 is 1.75 bits per heavy atom. The maximum absolute atomic E-state index is 5.72. The summed E-state index contributed by atoms with van der Waals surface area (Å²) in [6.45, 7) is 7.17. The number of hydrogen-bond acceptors (Lipinski definition) is 6. The maximum Gasteiger partial charge on any atom is 0.253 e. The van der Waals surface area contributed by atoms with E-state index in [4.69, 9.17) is 9.47 Å². The number of thioether (sulfide) groups is 1. The molecule has 0 aliphatic heterocycles. The van der Waals surface area contributed by atoms with E-state index in [1.165, 1.54) is 0 Å². The molecule has 0 spiro atoms. The van der Waals surface area contributed by atoms with E-state index in [0.717, 1.165) is 28.6 Å². The summed E-state index contributed by atoms with van der Waals surface area (Å²) in [5, 5.41) is 5.18. The standard InChI is InChI=1S/C17H20N4O2S/c1-4-22-14-5-7-15(8-6-14)23-9-10-24-17-19-16-18-12(2)11-13(3)21(16)20-17/h5-8,11H,4,9-10H2,1-3H3. The normalized spacial score (nSPS) is 11.0. The van der Waals surface area contributed by atoms with E-state index in [1.54, 1.807) is 16.3 Å². The number of fused-ring (bicyclic) bond motifs is 1. The molecule has 0 fully saturated rings. The molecule has 0 amide bonds. The van der Waals surface area contributed by atoms with Crippen LogP contribution in [-0.2, 0) is 0 Å². The second kappa shape index (κ2) is 7.53. The molecule has 7 heteroatoms. The van der Waals surface area contributed by atoms with E-state index in [9.17, 15) is 0 Å². The van der Waals surface area contributed by atoms with Gasteiger partial charge in [0.05, 0.1) is 13.2 Å². The molecule has 2 heterocycles. The molecule has 0 saturated heterocycles. The van der Waals surface area contributed by atoms with Gasteiger partial charge in [0, 0.05) is 17.1 Å². The minimum Gasteiger partial charge on any atom is -0.494 e. The highest BCUT2D eigenvalue weighted by Crippen LogP contribution is 2.19. The van der Waals surface area contributed by atoms with Crippen LogP contribution in [0.2, 0.25) is 0 Å². The van der Waals surface area contributed by atoms with Crippen molar-refractivity contribution in [3.8, 4) is 11.5 Å². The van der Waals surface area contributed by atoms with E-state index >= 15 is 0 Å². The molecule has 0 N–H and O–H groups in total. The van der Waals surface area contributed by atoms with E-state index in [-0.39, 0.29) is 0 Å². The first-order chi connectivity index (χ1) is 11.7. The van der Waals surface area contributed by atoms with Gasteiger partial charge in [-0.2, -0.15) is 4.98 Å². The van der Waals surface area contributed by atoms with E-state index in [2.05, 4.69) is 15.1 Å². The minimum atomic E-state index is 0.583. The summed E-state index contributed by atoms with van der Waals surface area (Å²) in [7, 11) is 0. The van der Waals surface area contributed by atoms with Gasteiger partial charge in [-0.1, -0.05) is 11.8 Å². The summed E-state index contributed by atoms with van der Waals surface area (Å²) in [5.74, 6) is 3.09. The van der Waals surface area contributed by atoms with Crippen molar-refractivity contribution in [3.05, 3.63) is 41.7 Å². The lowest BCUT2D eigenvalue weighted by molar-refractivity contribution is 0.332. The Hall–Kier alpha value is -2.28. The van der Waals surface area contributed by atoms with Crippen molar-refractivity contribution < 1.29 is 9.47 Å². The Bertz CT molecular complexity index is 817. The van der Waals surface area contributed by atoms with Crippen molar-refractivity contribution in [2.75, 3.05) is 19.0 Å². The molecular formula is C17H20N4O2S. The zero-order valence-electron chi connectivity index (χ0n) is 14.0. The predicted octanol–water partition coefficient (Wildman–Crippen LogP) is 3.31. The fourth-order valence-electron chi connectivity index (χ4n) is 2.30. The van der Waals surface area contributed by atoms with Crippen LogP contribution in [0.4, 0.5) is 0 Å². The van der Waals surface area contributed by atoms with Gasteiger partial charge in [-0.05, 0) is 51.1 Å². The average Bonchev–Trinajstić information content (AvgIpc) is 2.96. The average molecular weight is 344 g/mol. The first-order valence-corrected chi connectivity index (χ1v) is 8.84.